The second-order valence-corrected chi connectivity index (χ2v) is 2.39. The third kappa shape index (κ3) is 1.67. The smallest absolute Gasteiger partial charge is 0.134 e. The lowest BCUT2D eigenvalue weighted by Crippen LogP contribution is -1.57. The standard InChI is InChI=1S/C9H8O.C2H6/c1-7-6-8-4-2-3-5-9(8)10-7;1-2/h2-6H,1H3;1-2H3. The highest BCUT2D eigenvalue weighted by Crippen LogP contribution is 2.17. The van der Waals surface area contributed by atoms with E-state index < -0.39 is 0 Å². The van der Waals surface area contributed by atoms with Gasteiger partial charge in [-0.3, -0.25) is 0 Å². The van der Waals surface area contributed by atoms with E-state index in [1.807, 2.05) is 51.1 Å². The number of benzene rings is 1. The van der Waals surface area contributed by atoms with Crippen LogP contribution in [0.5, 0.6) is 0 Å². The van der Waals surface area contributed by atoms with Gasteiger partial charge in [-0.25, -0.2) is 0 Å². The molecule has 1 heterocycles. The van der Waals surface area contributed by atoms with E-state index in [-0.39, 0.29) is 0 Å². The van der Waals surface area contributed by atoms with E-state index in [4.69, 9.17) is 4.42 Å². The van der Waals surface area contributed by atoms with Crippen molar-refractivity contribution in [1.29, 1.82) is 0 Å². The molecule has 12 heavy (non-hydrogen) atoms. The zero-order valence-electron chi connectivity index (χ0n) is 7.79. The highest BCUT2D eigenvalue weighted by Gasteiger charge is 1.95. The molecule has 0 bridgehead atoms. The number of para-hydroxylation sites is 1. The Labute approximate surface area is 73.0 Å². The van der Waals surface area contributed by atoms with Gasteiger partial charge < -0.3 is 4.42 Å². The average Bonchev–Trinajstić information content (AvgIpc) is 2.48. The summed E-state index contributed by atoms with van der Waals surface area (Å²) in [5.41, 5.74) is 0.972. The predicted octanol–water partition coefficient (Wildman–Crippen LogP) is 3.77. The van der Waals surface area contributed by atoms with Gasteiger partial charge in [-0.2, -0.15) is 0 Å². The lowest BCUT2D eigenvalue weighted by Gasteiger charge is -1.82. The van der Waals surface area contributed by atoms with E-state index in [9.17, 15) is 0 Å². The molecule has 1 aromatic carbocycles. The molecule has 0 aliphatic rings. The summed E-state index contributed by atoms with van der Waals surface area (Å²) >= 11 is 0. The largest absolute Gasteiger partial charge is 0.461 e. The number of rotatable bonds is 0. The van der Waals surface area contributed by atoms with Crippen LogP contribution in [0.15, 0.2) is 34.7 Å². The molecular formula is C11H14O. The fourth-order valence-electron chi connectivity index (χ4n) is 1.11. The fourth-order valence-corrected chi connectivity index (χ4v) is 1.11. The summed E-state index contributed by atoms with van der Waals surface area (Å²) in [7, 11) is 0. The van der Waals surface area contributed by atoms with Crippen molar-refractivity contribution in [1.82, 2.24) is 0 Å². The van der Waals surface area contributed by atoms with Gasteiger partial charge in [-0.1, -0.05) is 32.0 Å². The number of hydrogen-bond donors (Lipinski definition) is 0. The Kier molecular flexibility index (Phi) is 2.92. The highest BCUT2D eigenvalue weighted by atomic mass is 16.3. The molecule has 0 fully saturated rings. The van der Waals surface area contributed by atoms with E-state index in [1.165, 1.54) is 5.39 Å². The first kappa shape index (κ1) is 8.85. The van der Waals surface area contributed by atoms with Gasteiger partial charge in [-0.15, -0.1) is 0 Å². The third-order valence-corrected chi connectivity index (χ3v) is 1.55. The van der Waals surface area contributed by atoms with Crippen LogP contribution in [-0.2, 0) is 0 Å². The normalized spacial score (nSPS) is 9.25. The Morgan fingerprint density at radius 2 is 1.75 bits per heavy atom. The van der Waals surface area contributed by atoms with Gasteiger partial charge in [0.15, 0.2) is 0 Å². The lowest BCUT2D eigenvalue weighted by atomic mass is 10.2. The van der Waals surface area contributed by atoms with Crippen molar-refractivity contribution in [2.45, 2.75) is 20.8 Å². The quantitative estimate of drug-likeness (QED) is 0.574. The monoisotopic (exact) mass is 162 g/mol. The van der Waals surface area contributed by atoms with Crippen molar-refractivity contribution in [2.24, 2.45) is 0 Å². The minimum absolute atomic E-state index is 0.972. The number of furan rings is 1. The van der Waals surface area contributed by atoms with Crippen LogP contribution in [0.3, 0.4) is 0 Å². The molecule has 0 atom stereocenters. The summed E-state index contributed by atoms with van der Waals surface area (Å²) in [6, 6.07) is 10.0. The van der Waals surface area contributed by atoms with Gasteiger partial charge in [0.2, 0.25) is 0 Å². The van der Waals surface area contributed by atoms with Crippen molar-refractivity contribution in [3.8, 4) is 0 Å². The second kappa shape index (κ2) is 3.96. The summed E-state index contributed by atoms with van der Waals surface area (Å²) in [4.78, 5) is 0. The maximum atomic E-state index is 5.37. The Morgan fingerprint density at radius 1 is 1.08 bits per heavy atom. The maximum absolute atomic E-state index is 5.37. The molecule has 0 N–H and O–H groups in total. The zero-order chi connectivity index (χ0) is 8.97. The zero-order valence-corrected chi connectivity index (χ0v) is 7.79. The van der Waals surface area contributed by atoms with Gasteiger partial charge in [0.25, 0.3) is 0 Å². The van der Waals surface area contributed by atoms with Gasteiger partial charge >= 0.3 is 0 Å². The minimum Gasteiger partial charge on any atom is -0.461 e. The minimum atomic E-state index is 0.972. The maximum Gasteiger partial charge on any atom is 0.134 e. The molecule has 1 heteroatoms. The van der Waals surface area contributed by atoms with Crippen molar-refractivity contribution in [3.63, 3.8) is 0 Å². The molecule has 2 aromatic rings. The summed E-state index contributed by atoms with van der Waals surface area (Å²) in [5, 5.41) is 1.18. The van der Waals surface area contributed by atoms with Gasteiger partial charge in [0, 0.05) is 5.39 Å². The summed E-state index contributed by atoms with van der Waals surface area (Å²) < 4.78 is 5.37. The SMILES string of the molecule is CC.Cc1cc2ccccc2o1. The first-order valence-electron chi connectivity index (χ1n) is 4.31. The van der Waals surface area contributed by atoms with Crippen molar-refractivity contribution >= 4 is 11.0 Å². The van der Waals surface area contributed by atoms with E-state index >= 15 is 0 Å². The molecule has 0 unspecified atom stereocenters. The van der Waals surface area contributed by atoms with Crippen LogP contribution in [0.25, 0.3) is 11.0 Å². The summed E-state index contributed by atoms with van der Waals surface area (Å²) in [6.07, 6.45) is 0. The molecule has 2 rings (SSSR count). The van der Waals surface area contributed by atoms with Crippen LogP contribution in [0.4, 0.5) is 0 Å². The fraction of sp³-hybridized carbons (Fsp3) is 0.273. The summed E-state index contributed by atoms with van der Waals surface area (Å²) in [6.45, 7) is 5.96. The van der Waals surface area contributed by atoms with E-state index in [2.05, 4.69) is 0 Å². The molecule has 0 saturated carbocycles. The Bertz CT molecular complexity index is 314. The van der Waals surface area contributed by atoms with E-state index in [0.717, 1.165) is 11.3 Å². The molecule has 0 aliphatic carbocycles. The predicted molar refractivity (Wildman–Crippen MR) is 52.3 cm³/mol. The number of fused-ring (bicyclic) bond motifs is 1. The van der Waals surface area contributed by atoms with Gasteiger partial charge in [-0.05, 0) is 19.1 Å². The van der Waals surface area contributed by atoms with E-state index in [0.29, 0.717) is 0 Å². The first-order chi connectivity index (χ1) is 5.86. The van der Waals surface area contributed by atoms with Crippen molar-refractivity contribution in [3.05, 3.63) is 36.1 Å². The Hall–Kier alpha value is -1.24. The summed E-state index contributed by atoms with van der Waals surface area (Å²) in [5.74, 6) is 0.973. The topological polar surface area (TPSA) is 13.1 Å². The molecule has 1 aromatic heterocycles. The third-order valence-electron chi connectivity index (χ3n) is 1.55. The molecule has 0 amide bonds. The molecule has 0 spiro atoms. The van der Waals surface area contributed by atoms with Crippen LogP contribution in [0, 0.1) is 6.92 Å². The average molecular weight is 162 g/mol. The van der Waals surface area contributed by atoms with E-state index in [1.54, 1.807) is 0 Å². The number of aryl methyl sites for hydroxylation is 1. The second-order valence-electron chi connectivity index (χ2n) is 2.39. The van der Waals surface area contributed by atoms with Crippen LogP contribution >= 0.6 is 0 Å². The highest BCUT2D eigenvalue weighted by molar-refractivity contribution is 5.77. The Morgan fingerprint density at radius 3 is 2.42 bits per heavy atom. The van der Waals surface area contributed by atoms with Gasteiger partial charge in [0.05, 0.1) is 0 Å². The van der Waals surface area contributed by atoms with Crippen molar-refractivity contribution in [2.75, 3.05) is 0 Å². The van der Waals surface area contributed by atoms with Crippen LogP contribution in [0.1, 0.15) is 19.6 Å². The molecule has 0 saturated heterocycles. The molecule has 1 nitrogen and oxygen atoms in total. The van der Waals surface area contributed by atoms with Crippen molar-refractivity contribution < 1.29 is 4.42 Å². The van der Waals surface area contributed by atoms with Gasteiger partial charge in [0.1, 0.15) is 11.3 Å². The molecular weight excluding hydrogens is 148 g/mol. The molecule has 0 radical (unpaired) electrons. The molecule has 0 aliphatic heterocycles. The van der Waals surface area contributed by atoms with Crippen LogP contribution < -0.4 is 0 Å². The van der Waals surface area contributed by atoms with Crippen LogP contribution in [-0.4, -0.2) is 0 Å². The number of hydrogen-bond acceptors (Lipinski definition) is 1. The van der Waals surface area contributed by atoms with Crippen LogP contribution in [0.2, 0.25) is 0 Å². The lowest BCUT2D eigenvalue weighted by molar-refractivity contribution is 0.578. The first-order valence-corrected chi connectivity index (χ1v) is 4.31. The Balaban J connectivity index is 0.000000336. The molecule has 64 valence electrons.